The standard InChI is InChI=1S/C10H13N5/c1-6-7(5-11)9(13-3)15-10(14-4)8(6)12-2/h2H2,1,3-4H3,(H2,13,14,15). The van der Waals surface area contributed by atoms with Crippen LogP contribution in [0.1, 0.15) is 11.1 Å². The average molecular weight is 203 g/mol. The fourth-order valence-electron chi connectivity index (χ4n) is 1.38. The number of nitrogens with one attached hydrogen (secondary N) is 2. The second-order valence-electron chi connectivity index (χ2n) is 2.93. The molecule has 0 bridgehead atoms. The Morgan fingerprint density at radius 1 is 1.33 bits per heavy atom. The van der Waals surface area contributed by atoms with Gasteiger partial charge >= 0.3 is 0 Å². The Morgan fingerprint density at radius 3 is 2.33 bits per heavy atom. The van der Waals surface area contributed by atoms with Gasteiger partial charge in [-0.1, -0.05) is 0 Å². The topological polar surface area (TPSA) is 73.1 Å². The van der Waals surface area contributed by atoms with Crippen LogP contribution in [-0.2, 0) is 0 Å². The van der Waals surface area contributed by atoms with Crippen molar-refractivity contribution in [2.45, 2.75) is 6.92 Å². The van der Waals surface area contributed by atoms with Crippen molar-refractivity contribution in [2.24, 2.45) is 4.99 Å². The molecule has 1 aromatic rings. The molecule has 15 heavy (non-hydrogen) atoms. The Kier molecular flexibility index (Phi) is 3.24. The van der Waals surface area contributed by atoms with E-state index in [1.165, 1.54) is 0 Å². The first-order chi connectivity index (χ1) is 7.19. The number of pyridine rings is 1. The monoisotopic (exact) mass is 203 g/mol. The van der Waals surface area contributed by atoms with Crippen LogP contribution in [0.4, 0.5) is 17.3 Å². The van der Waals surface area contributed by atoms with Crippen molar-refractivity contribution >= 4 is 24.0 Å². The molecule has 78 valence electrons. The van der Waals surface area contributed by atoms with Crippen LogP contribution in [0.15, 0.2) is 4.99 Å². The maximum Gasteiger partial charge on any atom is 0.154 e. The first-order valence-corrected chi connectivity index (χ1v) is 4.46. The Labute approximate surface area is 88.9 Å². The summed E-state index contributed by atoms with van der Waals surface area (Å²) in [6.45, 7) is 5.30. The molecule has 0 aromatic carbocycles. The van der Waals surface area contributed by atoms with Crippen molar-refractivity contribution in [3.8, 4) is 6.07 Å². The number of hydrogen-bond donors (Lipinski definition) is 2. The van der Waals surface area contributed by atoms with Crippen LogP contribution in [0.2, 0.25) is 0 Å². The number of nitrogens with zero attached hydrogens (tertiary/aromatic N) is 3. The fourth-order valence-corrected chi connectivity index (χ4v) is 1.38. The lowest BCUT2D eigenvalue weighted by Crippen LogP contribution is -2.03. The summed E-state index contributed by atoms with van der Waals surface area (Å²) in [5.74, 6) is 1.16. The van der Waals surface area contributed by atoms with Gasteiger partial charge in [0, 0.05) is 14.1 Å². The van der Waals surface area contributed by atoms with E-state index >= 15 is 0 Å². The molecule has 0 saturated heterocycles. The van der Waals surface area contributed by atoms with Gasteiger partial charge in [0.15, 0.2) is 5.82 Å². The van der Waals surface area contributed by atoms with Gasteiger partial charge in [0.05, 0.1) is 5.56 Å². The highest BCUT2D eigenvalue weighted by Gasteiger charge is 2.14. The Balaban J connectivity index is 3.57. The summed E-state index contributed by atoms with van der Waals surface area (Å²) in [4.78, 5) is 8.10. The van der Waals surface area contributed by atoms with E-state index < -0.39 is 0 Å². The number of aliphatic imine (C=N–C) groups is 1. The molecule has 0 radical (unpaired) electrons. The van der Waals surface area contributed by atoms with E-state index in [1.54, 1.807) is 14.1 Å². The maximum atomic E-state index is 9.00. The zero-order valence-corrected chi connectivity index (χ0v) is 9.05. The van der Waals surface area contributed by atoms with Crippen molar-refractivity contribution in [2.75, 3.05) is 24.7 Å². The second-order valence-corrected chi connectivity index (χ2v) is 2.93. The molecule has 1 aromatic heterocycles. The molecular weight excluding hydrogens is 190 g/mol. The van der Waals surface area contributed by atoms with Gasteiger partial charge in [0.25, 0.3) is 0 Å². The number of anilines is 2. The molecule has 0 fully saturated rings. The van der Waals surface area contributed by atoms with Gasteiger partial charge in [-0.15, -0.1) is 0 Å². The van der Waals surface area contributed by atoms with E-state index in [0.717, 1.165) is 5.56 Å². The lowest BCUT2D eigenvalue weighted by atomic mass is 10.1. The summed E-state index contributed by atoms with van der Waals surface area (Å²) in [5, 5.41) is 14.8. The molecule has 0 aliphatic rings. The lowest BCUT2D eigenvalue weighted by molar-refractivity contribution is 1.20. The van der Waals surface area contributed by atoms with Crippen LogP contribution in [-0.4, -0.2) is 25.8 Å². The van der Waals surface area contributed by atoms with E-state index in [0.29, 0.717) is 22.9 Å². The van der Waals surface area contributed by atoms with Crippen LogP contribution in [0.5, 0.6) is 0 Å². The number of nitriles is 1. The van der Waals surface area contributed by atoms with Crippen LogP contribution in [0, 0.1) is 18.3 Å². The first kappa shape index (κ1) is 11.0. The van der Waals surface area contributed by atoms with Crippen LogP contribution < -0.4 is 10.6 Å². The van der Waals surface area contributed by atoms with E-state index in [1.807, 2.05) is 6.92 Å². The minimum Gasteiger partial charge on any atom is -0.372 e. The third-order valence-corrected chi connectivity index (χ3v) is 2.16. The zero-order valence-electron chi connectivity index (χ0n) is 9.05. The van der Waals surface area contributed by atoms with Gasteiger partial charge in [-0.2, -0.15) is 5.26 Å². The summed E-state index contributed by atoms with van der Waals surface area (Å²) >= 11 is 0. The molecule has 0 saturated carbocycles. The molecule has 2 N–H and O–H groups in total. The van der Waals surface area contributed by atoms with Crippen molar-refractivity contribution in [1.29, 1.82) is 5.26 Å². The Hall–Kier alpha value is -2.09. The molecule has 1 rings (SSSR count). The summed E-state index contributed by atoms with van der Waals surface area (Å²) in [7, 11) is 3.48. The second kappa shape index (κ2) is 4.42. The molecule has 0 aliphatic carbocycles. The minimum absolute atomic E-state index is 0.499. The maximum absolute atomic E-state index is 9.00. The normalized spacial score (nSPS) is 9.20. The number of hydrogen-bond acceptors (Lipinski definition) is 5. The minimum atomic E-state index is 0.499. The van der Waals surface area contributed by atoms with Crippen molar-refractivity contribution in [3.05, 3.63) is 11.1 Å². The SMILES string of the molecule is C=Nc1c(NC)nc(NC)c(C#N)c1C. The Morgan fingerprint density at radius 2 is 1.93 bits per heavy atom. The third-order valence-electron chi connectivity index (χ3n) is 2.16. The molecule has 0 aliphatic heterocycles. The quantitative estimate of drug-likeness (QED) is 0.733. The molecule has 1 heterocycles. The van der Waals surface area contributed by atoms with Gasteiger partial charge in [-0.25, -0.2) is 4.98 Å². The summed E-state index contributed by atoms with van der Waals surface area (Å²) in [6, 6.07) is 2.10. The van der Waals surface area contributed by atoms with Crippen LogP contribution in [0.3, 0.4) is 0 Å². The van der Waals surface area contributed by atoms with Gasteiger partial charge in [-0.3, -0.25) is 4.99 Å². The smallest absolute Gasteiger partial charge is 0.154 e. The molecule has 0 spiro atoms. The molecule has 0 unspecified atom stereocenters. The molecule has 0 atom stereocenters. The molecule has 0 amide bonds. The van der Waals surface area contributed by atoms with Gasteiger partial charge in [0.2, 0.25) is 0 Å². The highest BCUT2D eigenvalue weighted by molar-refractivity contribution is 5.75. The van der Waals surface area contributed by atoms with E-state index in [-0.39, 0.29) is 0 Å². The number of aromatic nitrogens is 1. The summed E-state index contributed by atoms with van der Waals surface area (Å²) < 4.78 is 0. The highest BCUT2D eigenvalue weighted by Crippen LogP contribution is 2.32. The Bertz CT molecular complexity index is 430. The summed E-state index contributed by atoms with van der Waals surface area (Å²) in [6.07, 6.45) is 0. The zero-order chi connectivity index (χ0) is 11.4. The largest absolute Gasteiger partial charge is 0.372 e. The fraction of sp³-hybridized carbons (Fsp3) is 0.300. The van der Waals surface area contributed by atoms with Gasteiger partial charge in [0.1, 0.15) is 17.6 Å². The van der Waals surface area contributed by atoms with E-state index in [4.69, 9.17) is 5.26 Å². The summed E-state index contributed by atoms with van der Waals surface area (Å²) in [5.41, 5.74) is 1.89. The van der Waals surface area contributed by atoms with Crippen LogP contribution in [0.25, 0.3) is 0 Å². The van der Waals surface area contributed by atoms with Gasteiger partial charge in [-0.05, 0) is 19.2 Å². The van der Waals surface area contributed by atoms with E-state index in [9.17, 15) is 0 Å². The van der Waals surface area contributed by atoms with Gasteiger partial charge < -0.3 is 10.6 Å². The third kappa shape index (κ3) is 1.74. The highest BCUT2D eigenvalue weighted by atomic mass is 15.1. The molecule has 5 nitrogen and oxygen atoms in total. The van der Waals surface area contributed by atoms with E-state index in [2.05, 4.69) is 33.4 Å². The predicted molar refractivity (Wildman–Crippen MR) is 62.0 cm³/mol. The van der Waals surface area contributed by atoms with Crippen molar-refractivity contribution < 1.29 is 0 Å². The van der Waals surface area contributed by atoms with Crippen molar-refractivity contribution in [1.82, 2.24) is 4.98 Å². The van der Waals surface area contributed by atoms with Crippen molar-refractivity contribution in [3.63, 3.8) is 0 Å². The molecule has 5 heteroatoms. The molecular formula is C10H13N5. The number of rotatable bonds is 3. The lowest BCUT2D eigenvalue weighted by Gasteiger charge is -2.12. The average Bonchev–Trinajstić information content (AvgIpc) is 2.27. The first-order valence-electron chi connectivity index (χ1n) is 4.46. The van der Waals surface area contributed by atoms with Crippen LogP contribution >= 0.6 is 0 Å². The predicted octanol–water partition coefficient (Wildman–Crippen LogP) is 1.68.